The molecule has 1 fully saturated rings. The zero-order chi connectivity index (χ0) is 23.1. The van der Waals surface area contributed by atoms with E-state index in [0.29, 0.717) is 18.2 Å². The second-order valence-corrected chi connectivity index (χ2v) is 11.4. The first-order chi connectivity index (χ1) is 15.3. The van der Waals surface area contributed by atoms with Crippen molar-refractivity contribution in [1.29, 1.82) is 0 Å². The van der Waals surface area contributed by atoms with Gasteiger partial charge in [0.05, 0.1) is 29.3 Å². The van der Waals surface area contributed by atoms with Crippen LogP contribution >= 0.6 is 23.4 Å². The highest BCUT2D eigenvalue weighted by molar-refractivity contribution is 7.99. The molecule has 174 valence electrons. The molecule has 0 bridgehead atoms. The molecule has 1 aliphatic rings. The van der Waals surface area contributed by atoms with Crippen LogP contribution in [0.15, 0.2) is 35.6 Å². The average Bonchev–Trinajstić information content (AvgIpc) is 3.15. The maximum atomic E-state index is 13.5. The molecule has 1 aromatic carbocycles. The normalized spacial score (nSPS) is 17.3. The molecule has 7 nitrogen and oxygen atoms in total. The Hall–Kier alpha value is -1.84. The lowest BCUT2D eigenvalue weighted by Crippen LogP contribution is -2.41. The lowest BCUT2D eigenvalue weighted by molar-refractivity contribution is 0.0674. The van der Waals surface area contributed by atoms with Crippen molar-refractivity contribution in [1.82, 2.24) is 14.9 Å². The topological polar surface area (TPSA) is 89.5 Å². The maximum absolute atomic E-state index is 13.5. The molecular formula is C22H28ClN3O4S2. The number of amides is 1. The summed E-state index contributed by atoms with van der Waals surface area (Å²) >= 11 is 7.74. The molecule has 1 atom stereocenters. The minimum atomic E-state index is -3.18. The van der Waals surface area contributed by atoms with Crippen LogP contribution in [-0.4, -0.2) is 59.1 Å². The quantitative estimate of drug-likeness (QED) is 0.358. The van der Waals surface area contributed by atoms with Crippen LogP contribution in [0.1, 0.15) is 49.2 Å². The van der Waals surface area contributed by atoms with E-state index in [1.165, 1.54) is 18.0 Å². The largest absolute Gasteiger partial charge is 0.494 e. The fourth-order valence-corrected chi connectivity index (χ4v) is 5.97. The number of hydrogen-bond donors (Lipinski definition) is 0. The molecule has 32 heavy (non-hydrogen) atoms. The van der Waals surface area contributed by atoms with Gasteiger partial charge in [-0.05, 0) is 37.0 Å². The number of sulfone groups is 1. The van der Waals surface area contributed by atoms with Crippen molar-refractivity contribution in [2.24, 2.45) is 0 Å². The fourth-order valence-electron chi connectivity index (χ4n) is 3.40. The van der Waals surface area contributed by atoms with Crippen LogP contribution in [0.25, 0.3) is 0 Å². The lowest BCUT2D eigenvalue weighted by Gasteiger charge is -2.28. The van der Waals surface area contributed by atoms with E-state index >= 15 is 0 Å². The molecule has 0 saturated carbocycles. The van der Waals surface area contributed by atoms with Gasteiger partial charge in [0.25, 0.3) is 5.91 Å². The van der Waals surface area contributed by atoms with E-state index in [-0.39, 0.29) is 34.7 Å². The summed E-state index contributed by atoms with van der Waals surface area (Å²) in [5.41, 5.74) is 0.977. The summed E-state index contributed by atoms with van der Waals surface area (Å²) in [5.74, 6) is 1.21. The Balaban J connectivity index is 1.87. The van der Waals surface area contributed by atoms with Crippen LogP contribution in [0.5, 0.6) is 5.75 Å². The van der Waals surface area contributed by atoms with Gasteiger partial charge in [-0.15, -0.1) is 0 Å². The number of halogens is 1. The number of thioether (sulfide) groups is 1. The Bertz CT molecular complexity index is 1030. The van der Waals surface area contributed by atoms with Crippen molar-refractivity contribution in [3.05, 3.63) is 46.7 Å². The van der Waals surface area contributed by atoms with Crippen molar-refractivity contribution >= 4 is 39.1 Å². The first-order valence-electron chi connectivity index (χ1n) is 10.7. The predicted octanol–water partition coefficient (Wildman–Crippen LogP) is 4.25. The van der Waals surface area contributed by atoms with Crippen LogP contribution in [0.4, 0.5) is 0 Å². The molecule has 1 saturated heterocycles. The Morgan fingerprint density at radius 2 is 2.00 bits per heavy atom. The van der Waals surface area contributed by atoms with Crippen molar-refractivity contribution in [2.75, 3.05) is 23.9 Å². The second-order valence-electron chi connectivity index (χ2n) is 7.68. The van der Waals surface area contributed by atoms with Gasteiger partial charge in [0.15, 0.2) is 20.7 Å². The smallest absolute Gasteiger partial charge is 0.274 e. The zero-order valence-corrected chi connectivity index (χ0v) is 20.7. The molecule has 0 N–H and O–H groups in total. The highest BCUT2D eigenvalue weighted by Gasteiger charge is 2.36. The van der Waals surface area contributed by atoms with Gasteiger partial charge in [0.2, 0.25) is 0 Å². The van der Waals surface area contributed by atoms with Gasteiger partial charge in [-0.2, -0.15) is 0 Å². The Labute approximate surface area is 198 Å². The Morgan fingerprint density at radius 1 is 1.25 bits per heavy atom. The van der Waals surface area contributed by atoms with Crippen molar-refractivity contribution < 1.29 is 17.9 Å². The van der Waals surface area contributed by atoms with E-state index in [0.717, 1.165) is 29.9 Å². The molecule has 2 aromatic rings. The monoisotopic (exact) mass is 497 g/mol. The van der Waals surface area contributed by atoms with Gasteiger partial charge in [-0.1, -0.05) is 49.3 Å². The standard InChI is InChI=1S/C22H28ClN3O4S2/c1-3-10-30-18-7-5-16(6-8-18)14-26(17-9-12-32(28,29)15-17)21(27)20-19(23)13-24-22(25-20)31-11-4-2/h5-8,13,17H,3-4,9-12,14-15H2,1-2H3. The highest BCUT2D eigenvalue weighted by Crippen LogP contribution is 2.26. The average molecular weight is 498 g/mol. The zero-order valence-electron chi connectivity index (χ0n) is 18.3. The summed E-state index contributed by atoms with van der Waals surface area (Å²) in [6.45, 7) is 4.98. The van der Waals surface area contributed by atoms with E-state index in [9.17, 15) is 13.2 Å². The number of carbonyl (C=O) groups is 1. The van der Waals surface area contributed by atoms with Crippen LogP contribution in [0.3, 0.4) is 0 Å². The summed E-state index contributed by atoms with van der Waals surface area (Å²) in [4.78, 5) is 23.7. The van der Waals surface area contributed by atoms with Gasteiger partial charge in [0.1, 0.15) is 5.75 Å². The second kappa shape index (κ2) is 11.3. The van der Waals surface area contributed by atoms with E-state index < -0.39 is 15.9 Å². The first kappa shape index (κ1) is 24.8. The predicted molar refractivity (Wildman–Crippen MR) is 127 cm³/mol. The summed E-state index contributed by atoms with van der Waals surface area (Å²) in [7, 11) is -3.18. The van der Waals surface area contributed by atoms with E-state index in [2.05, 4.69) is 16.9 Å². The Kier molecular flexibility index (Phi) is 8.79. The molecule has 0 spiro atoms. The van der Waals surface area contributed by atoms with E-state index in [1.807, 2.05) is 31.2 Å². The van der Waals surface area contributed by atoms with Gasteiger partial charge in [-0.25, -0.2) is 18.4 Å². The SMILES string of the molecule is CCCOc1ccc(CN(C(=O)c2nc(SCCC)ncc2Cl)C2CCS(=O)(=O)C2)cc1. The van der Waals surface area contributed by atoms with Gasteiger partial charge >= 0.3 is 0 Å². The van der Waals surface area contributed by atoms with E-state index in [1.54, 1.807) is 4.90 Å². The number of rotatable bonds is 10. The van der Waals surface area contributed by atoms with Gasteiger partial charge in [-0.3, -0.25) is 4.79 Å². The third-order valence-electron chi connectivity index (χ3n) is 5.02. The molecule has 10 heteroatoms. The molecule has 1 amide bonds. The number of benzene rings is 1. The first-order valence-corrected chi connectivity index (χ1v) is 13.9. The summed E-state index contributed by atoms with van der Waals surface area (Å²) in [5, 5.41) is 0.640. The van der Waals surface area contributed by atoms with Crippen molar-refractivity contribution in [3.63, 3.8) is 0 Å². The summed E-state index contributed by atoms with van der Waals surface area (Å²) < 4.78 is 29.9. The van der Waals surface area contributed by atoms with Gasteiger partial charge in [0, 0.05) is 18.3 Å². The minimum Gasteiger partial charge on any atom is -0.494 e. The molecule has 0 aliphatic carbocycles. The molecular weight excluding hydrogens is 470 g/mol. The van der Waals surface area contributed by atoms with Crippen LogP contribution in [0.2, 0.25) is 5.02 Å². The molecule has 2 heterocycles. The third-order valence-corrected chi connectivity index (χ3v) is 8.11. The van der Waals surface area contributed by atoms with Crippen molar-refractivity contribution in [3.8, 4) is 5.75 Å². The number of carbonyl (C=O) groups excluding carboxylic acids is 1. The number of ether oxygens (including phenoxy) is 1. The molecule has 0 radical (unpaired) electrons. The lowest BCUT2D eigenvalue weighted by atomic mass is 10.1. The minimum absolute atomic E-state index is 0.0589. The van der Waals surface area contributed by atoms with E-state index in [4.69, 9.17) is 16.3 Å². The molecule has 1 unspecified atom stereocenters. The number of hydrogen-bond acceptors (Lipinski definition) is 7. The Morgan fingerprint density at radius 3 is 2.62 bits per heavy atom. The number of aromatic nitrogens is 2. The summed E-state index contributed by atoms with van der Waals surface area (Å²) in [6, 6.07) is 7.06. The molecule has 1 aliphatic heterocycles. The van der Waals surface area contributed by atoms with Crippen molar-refractivity contribution in [2.45, 2.75) is 50.9 Å². The molecule has 1 aromatic heterocycles. The maximum Gasteiger partial charge on any atom is 0.274 e. The number of nitrogens with zero attached hydrogens (tertiary/aromatic N) is 3. The highest BCUT2D eigenvalue weighted by atomic mass is 35.5. The van der Waals surface area contributed by atoms with Crippen LogP contribution < -0.4 is 4.74 Å². The third kappa shape index (κ3) is 6.59. The molecule has 3 rings (SSSR count). The van der Waals surface area contributed by atoms with Crippen LogP contribution in [-0.2, 0) is 16.4 Å². The van der Waals surface area contributed by atoms with Crippen LogP contribution in [0, 0.1) is 0 Å². The van der Waals surface area contributed by atoms with Gasteiger partial charge < -0.3 is 9.64 Å². The fraction of sp³-hybridized carbons (Fsp3) is 0.500. The summed E-state index contributed by atoms with van der Waals surface area (Å²) in [6.07, 6.45) is 3.69.